The molecule has 2 amide bonds. The fraction of sp³-hybridized carbons (Fsp3) is 0.174. The van der Waals surface area contributed by atoms with Gasteiger partial charge in [-0.1, -0.05) is 36.4 Å². The Morgan fingerprint density at radius 3 is 2.32 bits per heavy atom. The zero-order chi connectivity index (χ0) is 21.8. The second kappa shape index (κ2) is 8.79. The lowest BCUT2D eigenvalue weighted by molar-refractivity contribution is -0.676. The molecular formula is C23H25N4O3S+. The van der Waals surface area contributed by atoms with Gasteiger partial charge in [0.25, 0.3) is 10.0 Å². The van der Waals surface area contributed by atoms with E-state index in [9.17, 15) is 13.2 Å². The molecule has 0 saturated heterocycles. The SMILES string of the molecule is CC(NC(=O)Nc1ccc(S(=O)(=O)Nc2ccc3c(c2)C[NH2+]C3)cc1)c1ccccc1. The predicted molar refractivity (Wildman–Crippen MR) is 120 cm³/mol. The summed E-state index contributed by atoms with van der Waals surface area (Å²) in [5, 5.41) is 7.76. The van der Waals surface area contributed by atoms with E-state index in [2.05, 4.69) is 20.7 Å². The quantitative estimate of drug-likeness (QED) is 0.477. The van der Waals surface area contributed by atoms with Crippen LogP contribution in [0.25, 0.3) is 0 Å². The Balaban J connectivity index is 1.38. The summed E-state index contributed by atoms with van der Waals surface area (Å²) < 4.78 is 28.1. The molecule has 31 heavy (non-hydrogen) atoms. The van der Waals surface area contributed by atoms with Crippen molar-refractivity contribution in [3.05, 3.63) is 89.5 Å². The molecule has 0 bridgehead atoms. The van der Waals surface area contributed by atoms with Gasteiger partial charge in [0.05, 0.1) is 10.9 Å². The van der Waals surface area contributed by atoms with Crippen LogP contribution in [0.5, 0.6) is 0 Å². The molecule has 160 valence electrons. The van der Waals surface area contributed by atoms with Crippen LogP contribution in [0, 0.1) is 0 Å². The van der Waals surface area contributed by atoms with Gasteiger partial charge in [0.15, 0.2) is 0 Å². The van der Waals surface area contributed by atoms with E-state index < -0.39 is 10.0 Å². The highest BCUT2D eigenvalue weighted by Gasteiger charge is 2.18. The minimum absolute atomic E-state index is 0.128. The number of urea groups is 1. The molecule has 0 aromatic heterocycles. The fourth-order valence-electron chi connectivity index (χ4n) is 3.58. The van der Waals surface area contributed by atoms with E-state index in [1.54, 1.807) is 18.2 Å². The number of hydrogen-bond acceptors (Lipinski definition) is 3. The second-order valence-electron chi connectivity index (χ2n) is 7.54. The van der Waals surface area contributed by atoms with Crippen LogP contribution in [0.3, 0.4) is 0 Å². The average Bonchev–Trinajstić information content (AvgIpc) is 3.22. The van der Waals surface area contributed by atoms with E-state index in [4.69, 9.17) is 0 Å². The predicted octanol–water partition coefficient (Wildman–Crippen LogP) is 2.95. The first-order valence-electron chi connectivity index (χ1n) is 10.1. The van der Waals surface area contributed by atoms with Crippen LogP contribution in [0.15, 0.2) is 77.7 Å². The van der Waals surface area contributed by atoms with Crippen LogP contribution in [-0.4, -0.2) is 14.4 Å². The van der Waals surface area contributed by atoms with Crippen LogP contribution in [-0.2, 0) is 23.1 Å². The third kappa shape index (κ3) is 5.04. The van der Waals surface area contributed by atoms with Crippen LogP contribution in [0.4, 0.5) is 16.2 Å². The molecule has 5 N–H and O–H groups in total. The van der Waals surface area contributed by atoms with Crippen molar-refractivity contribution in [2.45, 2.75) is 31.0 Å². The minimum atomic E-state index is -3.72. The van der Waals surface area contributed by atoms with E-state index in [1.165, 1.54) is 17.7 Å². The standard InChI is InChI=1S/C23H24N4O3S/c1-16(17-5-3-2-4-6-17)25-23(28)26-20-9-11-22(12-10-20)31(29,30)27-21-8-7-18-14-24-15-19(18)13-21/h2-13,16,24,27H,14-15H2,1H3,(H2,25,26,28)/p+1. The third-order valence-electron chi connectivity index (χ3n) is 5.26. The summed E-state index contributed by atoms with van der Waals surface area (Å²) in [5.41, 5.74) is 4.43. The van der Waals surface area contributed by atoms with Gasteiger partial charge in [-0.15, -0.1) is 0 Å². The maximum Gasteiger partial charge on any atom is 0.319 e. The molecule has 1 heterocycles. The number of amides is 2. The molecule has 0 fully saturated rings. The Morgan fingerprint density at radius 1 is 0.903 bits per heavy atom. The molecule has 8 heteroatoms. The summed E-state index contributed by atoms with van der Waals surface area (Å²) in [7, 11) is -3.72. The zero-order valence-corrected chi connectivity index (χ0v) is 17.9. The van der Waals surface area contributed by atoms with Crippen molar-refractivity contribution in [3.63, 3.8) is 0 Å². The first-order chi connectivity index (χ1) is 14.9. The third-order valence-corrected chi connectivity index (χ3v) is 6.65. The molecule has 7 nitrogen and oxygen atoms in total. The van der Waals surface area contributed by atoms with Gasteiger partial charge in [-0.25, -0.2) is 13.2 Å². The number of carbonyl (C=O) groups excluding carboxylic acids is 1. The van der Waals surface area contributed by atoms with E-state index >= 15 is 0 Å². The van der Waals surface area contributed by atoms with Crippen LogP contribution in [0.1, 0.15) is 29.7 Å². The van der Waals surface area contributed by atoms with Crippen molar-refractivity contribution in [2.75, 3.05) is 10.0 Å². The molecule has 4 rings (SSSR count). The van der Waals surface area contributed by atoms with Crippen molar-refractivity contribution in [1.29, 1.82) is 0 Å². The van der Waals surface area contributed by atoms with E-state index in [0.29, 0.717) is 11.4 Å². The van der Waals surface area contributed by atoms with Crippen molar-refractivity contribution in [1.82, 2.24) is 5.32 Å². The lowest BCUT2D eigenvalue weighted by atomic mass is 10.1. The maximum atomic E-state index is 12.7. The highest BCUT2D eigenvalue weighted by atomic mass is 32.2. The second-order valence-corrected chi connectivity index (χ2v) is 9.22. The lowest BCUT2D eigenvalue weighted by Gasteiger charge is -2.15. The van der Waals surface area contributed by atoms with E-state index in [0.717, 1.165) is 24.2 Å². The highest BCUT2D eigenvalue weighted by Crippen LogP contribution is 2.22. The monoisotopic (exact) mass is 437 g/mol. The van der Waals surface area contributed by atoms with Crippen LogP contribution in [0.2, 0.25) is 0 Å². The van der Waals surface area contributed by atoms with Gasteiger partial charge in [0.2, 0.25) is 0 Å². The zero-order valence-electron chi connectivity index (χ0n) is 17.1. The molecular weight excluding hydrogens is 412 g/mol. The van der Waals surface area contributed by atoms with Gasteiger partial charge in [-0.2, -0.15) is 0 Å². The number of rotatable bonds is 6. The summed E-state index contributed by atoms with van der Waals surface area (Å²) in [5.74, 6) is 0. The van der Waals surface area contributed by atoms with Gasteiger partial charge in [0, 0.05) is 22.5 Å². The number of fused-ring (bicyclic) bond motifs is 1. The number of anilines is 2. The van der Waals surface area contributed by atoms with Crippen molar-refractivity contribution in [3.8, 4) is 0 Å². The van der Waals surface area contributed by atoms with Gasteiger partial charge in [-0.3, -0.25) is 4.72 Å². The maximum absolute atomic E-state index is 12.7. The largest absolute Gasteiger partial charge is 0.339 e. The fourth-order valence-corrected chi connectivity index (χ4v) is 4.63. The summed E-state index contributed by atoms with van der Waals surface area (Å²) in [6.45, 7) is 3.68. The van der Waals surface area contributed by atoms with Crippen LogP contribution >= 0.6 is 0 Å². The number of hydrogen-bond donors (Lipinski definition) is 4. The normalized spacial score (nSPS) is 13.8. The molecule has 3 aromatic carbocycles. The molecule has 1 unspecified atom stereocenters. The number of carbonyl (C=O) groups is 1. The first kappa shape index (κ1) is 20.9. The number of sulfonamides is 1. The minimum Gasteiger partial charge on any atom is -0.339 e. The molecule has 0 saturated carbocycles. The van der Waals surface area contributed by atoms with Crippen molar-refractivity contribution >= 4 is 27.4 Å². The van der Waals surface area contributed by atoms with Gasteiger partial charge < -0.3 is 16.0 Å². The highest BCUT2D eigenvalue weighted by molar-refractivity contribution is 7.92. The summed E-state index contributed by atoms with van der Waals surface area (Å²) in [4.78, 5) is 12.4. The topological polar surface area (TPSA) is 104 Å². The smallest absolute Gasteiger partial charge is 0.319 e. The molecule has 3 aromatic rings. The van der Waals surface area contributed by atoms with E-state index in [-0.39, 0.29) is 17.0 Å². The molecule has 0 aliphatic carbocycles. The Hall–Kier alpha value is -3.36. The Labute approximate surface area is 181 Å². The number of benzene rings is 3. The summed E-state index contributed by atoms with van der Waals surface area (Å²) >= 11 is 0. The Bertz CT molecular complexity index is 1180. The van der Waals surface area contributed by atoms with Crippen molar-refractivity contribution < 1.29 is 18.5 Å². The molecule has 1 aliphatic rings. The van der Waals surface area contributed by atoms with E-state index in [1.807, 2.05) is 49.4 Å². The van der Waals surface area contributed by atoms with Crippen LogP contribution < -0.4 is 20.7 Å². The van der Waals surface area contributed by atoms with Gasteiger partial charge >= 0.3 is 6.03 Å². The number of nitrogens with one attached hydrogen (secondary N) is 3. The molecule has 1 aliphatic heterocycles. The lowest BCUT2D eigenvalue weighted by Crippen LogP contribution is -2.77. The molecule has 0 radical (unpaired) electrons. The van der Waals surface area contributed by atoms with Gasteiger partial charge in [0.1, 0.15) is 13.1 Å². The Kier molecular flexibility index (Phi) is 5.92. The van der Waals surface area contributed by atoms with Gasteiger partial charge in [-0.05, 0) is 48.9 Å². The molecule has 1 atom stereocenters. The Morgan fingerprint density at radius 2 is 1.58 bits per heavy atom. The summed E-state index contributed by atoms with van der Waals surface area (Å²) in [6, 6.07) is 20.8. The number of quaternary nitrogens is 1. The molecule has 0 spiro atoms. The summed E-state index contributed by atoms with van der Waals surface area (Å²) in [6.07, 6.45) is 0. The van der Waals surface area contributed by atoms with Crippen molar-refractivity contribution in [2.24, 2.45) is 0 Å². The number of nitrogens with two attached hydrogens (primary N) is 1. The first-order valence-corrected chi connectivity index (χ1v) is 11.6. The average molecular weight is 438 g/mol.